The molecule has 0 aliphatic heterocycles. The van der Waals surface area contributed by atoms with Crippen molar-refractivity contribution >= 4 is 21.5 Å². The van der Waals surface area contributed by atoms with Crippen LogP contribution in [0.5, 0.6) is 0 Å². The largest absolute Gasteiger partial charge is 0.293 e. The highest BCUT2D eigenvalue weighted by Crippen LogP contribution is 2.20. The summed E-state index contributed by atoms with van der Waals surface area (Å²) < 4.78 is 27.1. The smallest absolute Gasteiger partial charge is 0.212 e. The molecule has 0 spiro atoms. The molecule has 0 saturated carbocycles. The minimum atomic E-state index is -3.55. The highest BCUT2D eigenvalue weighted by Gasteiger charge is 2.15. The van der Waals surface area contributed by atoms with Crippen molar-refractivity contribution in [2.24, 2.45) is 0 Å². The quantitative estimate of drug-likeness (QED) is 0.561. The average Bonchev–Trinajstić information content (AvgIpc) is 2.77. The second kappa shape index (κ2) is 6.34. The normalized spacial score (nSPS) is 13.9. The maximum atomic E-state index is 11.3. The summed E-state index contributed by atoms with van der Waals surface area (Å²) in [6.45, 7) is 3.67. The molecule has 4 nitrogen and oxygen atoms in total. The van der Waals surface area contributed by atoms with E-state index < -0.39 is 10.1 Å². The fourth-order valence-corrected chi connectivity index (χ4v) is 2.73. The van der Waals surface area contributed by atoms with Gasteiger partial charge in [0.05, 0.1) is 5.75 Å². The minimum absolute atomic E-state index is 0.000142. The minimum Gasteiger partial charge on any atom is -0.212 e. The third-order valence-electron chi connectivity index (χ3n) is 2.05. The van der Waals surface area contributed by atoms with Gasteiger partial charge in [-0.05, 0) is 35.7 Å². The van der Waals surface area contributed by atoms with Gasteiger partial charge in [0.15, 0.2) is 0 Å². The van der Waals surface area contributed by atoms with Crippen LogP contribution in [0.4, 0.5) is 0 Å². The molecule has 1 aromatic rings. The maximum absolute atomic E-state index is 11.3. The summed E-state index contributed by atoms with van der Waals surface area (Å²) in [5.41, 5.74) is 0.913. The van der Waals surface area contributed by atoms with Gasteiger partial charge in [0.1, 0.15) is 6.10 Å². The lowest BCUT2D eigenvalue weighted by Gasteiger charge is -2.09. The van der Waals surface area contributed by atoms with Crippen LogP contribution in [0.3, 0.4) is 0 Å². The lowest BCUT2D eigenvalue weighted by Crippen LogP contribution is -2.12. The van der Waals surface area contributed by atoms with Crippen LogP contribution in [-0.2, 0) is 19.3 Å². The summed E-state index contributed by atoms with van der Waals surface area (Å²) >= 11 is 1.53. The second-order valence-corrected chi connectivity index (χ2v) is 5.92. The van der Waals surface area contributed by atoms with Gasteiger partial charge in [-0.3, -0.25) is 0 Å². The van der Waals surface area contributed by atoms with Crippen LogP contribution in [0.1, 0.15) is 38.4 Å². The first-order chi connectivity index (χ1) is 7.55. The Morgan fingerprint density at radius 1 is 1.50 bits per heavy atom. The van der Waals surface area contributed by atoms with E-state index in [2.05, 4.69) is 4.33 Å². The Hall–Kier alpha value is -0.430. The molecule has 92 valence electrons. The third kappa shape index (κ3) is 4.61. The zero-order chi connectivity index (χ0) is 12.0. The van der Waals surface area contributed by atoms with E-state index in [-0.39, 0.29) is 11.9 Å². The first-order valence-corrected chi connectivity index (χ1v) is 7.67. The van der Waals surface area contributed by atoms with Crippen molar-refractivity contribution in [3.63, 3.8) is 0 Å². The van der Waals surface area contributed by atoms with Crippen molar-refractivity contribution in [3.05, 3.63) is 22.4 Å². The summed E-state index contributed by atoms with van der Waals surface area (Å²) in [4.78, 5) is 4.87. The molecule has 0 amide bonds. The Morgan fingerprint density at radius 2 is 2.25 bits per heavy atom. The van der Waals surface area contributed by atoms with Crippen molar-refractivity contribution in [2.75, 3.05) is 5.75 Å². The maximum Gasteiger partial charge on any atom is 0.293 e. The van der Waals surface area contributed by atoms with E-state index in [4.69, 9.17) is 4.89 Å². The molecule has 0 fully saturated rings. The first-order valence-electron chi connectivity index (χ1n) is 5.15. The lowest BCUT2D eigenvalue weighted by molar-refractivity contribution is -0.238. The third-order valence-corrected chi connectivity index (χ3v) is 3.82. The predicted octanol–water partition coefficient (Wildman–Crippen LogP) is 2.89. The molecule has 16 heavy (non-hydrogen) atoms. The van der Waals surface area contributed by atoms with Crippen molar-refractivity contribution in [1.29, 1.82) is 0 Å². The molecule has 1 heterocycles. The van der Waals surface area contributed by atoms with E-state index in [1.807, 2.05) is 23.8 Å². The van der Waals surface area contributed by atoms with Crippen molar-refractivity contribution in [1.82, 2.24) is 0 Å². The summed E-state index contributed by atoms with van der Waals surface area (Å²) in [5, 5.41) is 3.80. The molecule has 0 aliphatic rings. The summed E-state index contributed by atoms with van der Waals surface area (Å²) in [7, 11) is -3.55. The van der Waals surface area contributed by atoms with Gasteiger partial charge in [-0.15, -0.1) is 4.33 Å². The molecule has 1 aromatic heterocycles. The van der Waals surface area contributed by atoms with Gasteiger partial charge in [-0.2, -0.15) is 19.8 Å². The Morgan fingerprint density at radius 3 is 2.81 bits per heavy atom. The molecule has 0 radical (unpaired) electrons. The average molecular weight is 264 g/mol. The van der Waals surface area contributed by atoms with Crippen LogP contribution < -0.4 is 0 Å². The molecule has 0 aliphatic carbocycles. The fraction of sp³-hybridized carbons (Fsp3) is 0.600. The van der Waals surface area contributed by atoms with E-state index >= 15 is 0 Å². The molecular weight excluding hydrogens is 248 g/mol. The number of rotatable bonds is 7. The standard InChI is InChI=1S/C10H16O4S2/c1-3-4-7-16(11,12)14-13-9(2)10-5-6-15-8-10/h5-6,8-9H,3-4,7H2,1-2H3. The molecule has 0 saturated heterocycles. The molecule has 1 unspecified atom stereocenters. The van der Waals surface area contributed by atoms with E-state index in [0.29, 0.717) is 6.42 Å². The van der Waals surface area contributed by atoms with E-state index in [1.54, 1.807) is 6.92 Å². The van der Waals surface area contributed by atoms with Gasteiger partial charge >= 0.3 is 0 Å². The van der Waals surface area contributed by atoms with Gasteiger partial charge in [0.2, 0.25) is 0 Å². The Balaban J connectivity index is 2.39. The van der Waals surface area contributed by atoms with Gasteiger partial charge in [-0.25, -0.2) is 4.89 Å². The van der Waals surface area contributed by atoms with Gasteiger partial charge in [0.25, 0.3) is 10.1 Å². The van der Waals surface area contributed by atoms with Crippen LogP contribution >= 0.6 is 11.3 Å². The topological polar surface area (TPSA) is 52.6 Å². The molecule has 0 bridgehead atoms. The van der Waals surface area contributed by atoms with Crippen LogP contribution in [-0.4, -0.2) is 14.2 Å². The van der Waals surface area contributed by atoms with E-state index in [1.165, 1.54) is 11.3 Å². The highest BCUT2D eigenvalue weighted by atomic mass is 32.2. The second-order valence-electron chi connectivity index (χ2n) is 3.48. The molecule has 0 N–H and O–H groups in total. The molecule has 0 aromatic carbocycles. The monoisotopic (exact) mass is 264 g/mol. The van der Waals surface area contributed by atoms with Gasteiger partial charge < -0.3 is 0 Å². The zero-order valence-electron chi connectivity index (χ0n) is 9.38. The van der Waals surface area contributed by atoms with E-state index in [0.717, 1.165) is 12.0 Å². The number of unbranched alkanes of at least 4 members (excludes halogenated alkanes) is 1. The van der Waals surface area contributed by atoms with Crippen LogP contribution in [0.15, 0.2) is 16.8 Å². The summed E-state index contributed by atoms with van der Waals surface area (Å²) in [5.74, 6) is -0.000142. The highest BCUT2D eigenvalue weighted by molar-refractivity contribution is 7.86. The van der Waals surface area contributed by atoms with Crippen molar-refractivity contribution in [2.45, 2.75) is 32.8 Å². The van der Waals surface area contributed by atoms with Crippen molar-refractivity contribution in [3.8, 4) is 0 Å². The molecule has 6 heteroatoms. The predicted molar refractivity (Wildman–Crippen MR) is 63.6 cm³/mol. The van der Waals surface area contributed by atoms with Crippen LogP contribution in [0, 0.1) is 0 Å². The molecule has 1 atom stereocenters. The van der Waals surface area contributed by atoms with E-state index in [9.17, 15) is 8.42 Å². The fourth-order valence-electron chi connectivity index (χ4n) is 1.04. The zero-order valence-corrected chi connectivity index (χ0v) is 11.0. The van der Waals surface area contributed by atoms with Crippen LogP contribution in [0.2, 0.25) is 0 Å². The Kier molecular flexibility index (Phi) is 5.40. The number of hydrogen-bond acceptors (Lipinski definition) is 5. The molecule has 1 rings (SSSR count). The van der Waals surface area contributed by atoms with Crippen LogP contribution in [0.25, 0.3) is 0 Å². The Bertz CT molecular complexity index is 383. The number of thiophene rings is 1. The van der Waals surface area contributed by atoms with Gasteiger partial charge in [-0.1, -0.05) is 13.3 Å². The molecular formula is C10H16O4S2. The lowest BCUT2D eigenvalue weighted by atomic mass is 10.2. The van der Waals surface area contributed by atoms with Gasteiger partial charge in [0, 0.05) is 0 Å². The first kappa shape index (κ1) is 13.6. The number of hydrogen-bond donors (Lipinski definition) is 0. The van der Waals surface area contributed by atoms with Crippen molar-refractivity contribution < 1.29 is 17.6 Å². The summed E-state index contributed by atoms with van der Waals surface area (Å²) in [6.07, 6.45) is 1.02. The SMILES string of the molecule is CCCCS(=O)(=O)OOC(C)c1ccsc1. The summed E-state index contributed by atoms with van der Waals surface area (Å²) in [6, 6.07) is 1.87. The Labute approximate surface area is 100 Å².